The maximum atomic E-state index is 6.04. The second kappa shape index (κ2) is 5.78. The summed E-state index contributed by atoms with van der Waals surface area (Å²) in [5.41, 5.74) is 6.16. The predicted octanol–water partition coefficient (Wildman–Crippen LogP) is 1.36. The van der Waals surface area contributed by atoms with Crippen molar-refractivity contribution in [2.75, 3.05) is 37.8 Å². The van der Waals surface area contributed by atoms with Crippen LogP contribution in [0.4, 0.5) is 11.5 Å². The van der Waals surface area contributed by atoms with Gasteiger partial charge < -0.3 is 16.0 Å². The van der Waals surface area contributed by atoms with Crippen molar-refractivity contribution in [1.29, 1.82) is 0 Å². The summed E-state index contributed by atoms with van der Waals surface area (Å²) in [6, 6.07) is 1.72. The summed E-state index contributed by atoms with van der Waals surface area (Å²) < 4.78 is 0. The van der Waals surface area contributed by atoms with Gasteiger partial charge in [-0.15, -0.1) is 0 Å². The van der Waals surface area contributed by atoms with E-state index in [1.54, 1.807) is 12.3 Å². The molecule has 0 aliphatic carbocycles. The van der Waals surface area contributed by atoms with Crippen molar-refractivity contribution in [3.8, 4) is 0 Å². The maximum Gasteiger partial charge on any atom is 0.147 e. The molecule has 0 unspecified atom stereocenters. The van der Waals surface area contributed by atoms with Crippen LogP contribution < -0.4 is 16.0 Å². The SMILES string of the molecule is CNCCCN(C)c1ncc(N)cc1Cl. The number of nitrogens with zero attached hydrogens (tertiary/aromatic N) is 2. The Bertz CT molecular complexity index is 316. The lowest BCUT2D eigenvalue weighted by atomic mass is 10.3. The third kappa shape index (κ3) is 3.57. The first-order valence-electron chi connectivity index (χ1n) is 4.92. The second-order valence-electron chi connectivity index (χ2n) is 3.45. The molecule has 1 heterocycles. The predicted molar refractivity (Wildman–Crippen MR) is 65.5 cm³/mol. The first-order valence-corrected chi connectivity index (χ1v) is 5.29. The van der Waals surface area contributed by atoms with Crippen molar-refractivity contribution >= 4 is 23.1 Å². The Balaban J connectivity index is 2.61. The smallest absolute Gasteiger partial charge is 0.147 e. The molecule has 0 aliphatic heterocycles. The molecule has 0 spiro atoms. The molecule has 1 aromatic rings. The number of pyridine rings is 1. The summed E-state index contributed by atoms with van der Waals surface area (Å²) in [7, 11) is 3.91. The van der Waals surface area contributed by atoms with Gasteiger partial charge in [-0.05, 0) is 26.1 Å². The lowest BCUT2D eigenvalue weighted by molar-refractivity contribution is 0.709. The van der Waals surface area contributed by atoms with Gasteiger partial charge in [-0.3, -0.25) is 0 Å². The molecule has 0 amide bonds. The highest BCUT2D eigenvalue weighted by Crippen LogP contribution is 2.23. The van der Waals surface area contributed by atoms with Gasteiger partial charge in [-0.25, -0.2) is 4.98 Å². The lowest BCUT2D eigenvalue weighted by Gasteiger charge is -2.19. The van der Waals surface area contributed by atoms with Crippen LogP contribution in [-0.4, -0.2) is 32.2 Å². The molecule has 0 fully saturated rings. The minimum atomic E-state index is 0.590. The van der Waals surface area contributed by atoms with E-state index in [2.05, 4.69) is 10.3 Å². The standard InChI is InChI=1S/C10H17ClN4/c1-13-4-3-5-15(2)10-9(11)6-8(12)7-14-10/h6-7,13H,3-5,12H2,1-2H3. The highest BCUT2D eigenvalue weighted by Gasteiger charge is 2.07. The van der Waals surface area contributed by atoms with Gasteiger partial charge >= 0.3 is 0 Å². The van der Waals surface area contributed by atoms with Crippen LogP contribution in [0.1, 0.15) is 6.42 Å². The Morgan fingerprint density at radius 1 is 1.60 bits per heavy atom. The van der Waals surface area contributed by atoms with Gasteiger partial charge in [-0.2, -0.15) is 0 Å². The van der Waals surface area contributed by atoms with Crippen LogP contribution in [0.5, 0.6) is 0 Å². The Morgan fingerprint density at radius 2 is 2.33 bits per heavy atom. The van der Waals surface area contributed by atoms with Crippen molar-refractivity contribution in [2.24, 2.45) is 0 Å². The van der Waals surface area contributed by atoms with E-state index in [1.165, 1.54) is 0 Å². The Hall–Kier alpha value is -1.00. The zero-order valence-electron chi connectivity index (χ0n) is 9.13. The van der Waals surface area contributed by atoms with Crippen molar-refractivity contribution < 1.29 is 0 Å². The summed E-state index contributed by atoms with van der Waals surface area (Å²) in [4.78, 5) is 6.23. The average molecular weight is 229 g/mol. The van der Waals surface area contributed by atoms with Crippen LogP contribution in [0.2, 0.25) is 5.02 Å². The van der Waals surface area contributed by atoms with E-state index >= 15 is 0 Å². The Labute approximate surface area is 95.4 Å². The molecule has 1 aromatic heterocycles. The van der Waals surface area contributed by atoms with Gasteiger partial charge in [0.25, 0.3) is 0 Å². The Kier molecular flexibility index (Phi) is 4.65. The van der Waals surface area contributed by atoms with Crippen LogP contribution in [0.3, 0.4) is 0 Å². The van der Waals surface area contributed by atoms with E-state index in [-0.39, 0.29) is 0 Å². The molecule has 0 atom stereocenters. The number of nitrogen functional groups attached to an aromatic ring is 1. The molecule has 0 saturated heterocycles. The van der Waals surface area contributed by atoms with Crippen LogP contribution in [0, 0.1) is 0 Å². The summed E-state index contributed by atoms with van der Waals surface area (Å²) in [6.45, 7) is 1.90. The Morgan fingerprint density at radius 3 is 2.93 bits per heavy atom. The minimum absolute atomic E-state index is 0.590. The number of anilines is 2. The number of nitrogens with two attached hydrogens (primary N) is 1. The fourth-order valence-electron chi connectivity index (χ4n) is 1.33. The molecule has 4 nitrogen and oxygen atoms in total. The third-order valence-corrected chi connectivity index (χ3v) is 2.40. The van der Waals surface area contributed by atoms with E-state index in [4.69, 9.17) is 17.3 Å². The van der Waals surface area contributed by atoms with Gasteiger partial charge in [-0.1, -0.05) is 11.6 Å². The summed E-state index contributed by atoms with van der Waals surface area (Å²) in [6.07, 6.45) is 2.67. The van der Waals surface area contributed by atoms with Gasteiger partial charge in [0.2, 0.25) is 0 Å². The van der Waals surface area contributed by atoms with E-state index in [0.717, 1.165) is 25.3 Å². The zero-order chi connectivity index (χ0) is 11.3. The third-order valence-electron chi connectivity index (χ3n) is 2.12. The summed E-state index contributed by atoms with van der Waals surface area (Å²) in [5.74, 6) is 0.780. The van der Waals surface area contributed by atoms with Gasteiger partial charge in [0, 0.05) is 13.6 Å². The van der Waals surface area contributed by atoms with Crippen molar-refractivity contribution in [3.05, 3.63) is 17.3 Å². The molecule has 0 aliphatic rings. The quantitative estimate of drug-likeness (QED) is 0.748. The van der Waals surface area contributed by atoms with Crippen LogP contribution >= 0.6 is 11.6 Å². The highest BCUT2D eigenvalue weighted by atomic mass is 35.5. The topological polar surface area (TPSA) is 54.2 Å². The van der Waals surface area contributed by atoms with Crippen LogP contribution in [0.15, 0.2) is 12.3 Å². The number of halogens is 1. The molecule has 3 N–H and O–H groups in total. The van der Waals surface area contributed by atoms with Crippen LogP contribution in [-0.2, 0) is 0 Å². The lowest BCUT2D eigenvalue weighted by Crippen LogP contribution is -2.23. The van der Waals surface area contributed by atoms with E-state index in [0.29, 0.717) is 10.7 Å². The normalized spacial score (nSPS) is 10.3. The van der Waals surface area contributed by atoms with Crippen LogP contribution in [0.25, 0.3) is 0 Å². The molecule has 5 heteroatoms. The number of hydrogen-bond acceptors (Lipinski definition) is 4. The monoisotopic (exact) mass is 228 g/mol. The fourth-order valence-corrected chi connectivity index (χ4v) is 1.64. The number of aromatic nitrogens is 1. The zero-order valence-corrected chi connectivity index (χ0v) is 9.88. The molecule has 15 heavy (non-hydrogen) atoms. The van der Waals surface area contributed by atoms with Crippen molar-refractivity contribution in [3.63, 3.8) is 0 Å². The largest absolute Gasteiger partial charge is 0.397 e. The van der Waals surface area contributed by atoms with Gasteiger partial charge in [0.1, 0.15) is 5.82 Å². The summed E-state index contributed by atoms with van der Waals surface area (Å²) in [5, 5.41) is 3.70. The molecule has 0 aromatic carbocycles. The number of rotatable bonds is 5. The molecule has 0 saturated carbocycles. The minimum Gasteiger partial charge on any atom is -0.397 e. The van der Waals surface area contributed by atoms with Gasteiger partial charge in [0.15, 0.2) is 0 Å². The molecule has 0 bridgehead atoms. The second-order valence-corrected chi connectivity index (χ2v) is 3.86. The maximum absolute atomic E-state index is 6.04. The summed E-state index contributed by atoms with van der Waals surface area (Å²) >= 11 is 6.04. The van der Waals surface area contributed by atoms with E-state index in [1.807, 2.05) is 19.0 Å². The van der Waals surface area contributed by atoms with Crippen molar-refractivity contribution in [1.82, 2.24) is 10.3 Å². The molecule has 84 valence electrons. The van der Waals surface area contributed by atoms with Crippen molar-refractivity contribution in [2.45, 2.75) is 6.42 Å². The fraction of sp³-hybridized carbons (Fsp3) is 0.500. The van der Waals surface area contributed by atoms with E-state index < -0.39 is 0 Å². The molecule has 0 radical (unpaired) electrons. The molecular formula is C10H17ClN4. The average Bonchev–Trinajstić information content (AvgIpc) is 2.17. The number of nitrogens with one attached hydrogen (secondary N) is 1. The van der Waals surface area contributed by atoms with E-state index in [9.17, 15) is 0 Å². The number of hydrogen-bond donors (Lipinski definition) is 2. The molecular weight excluding hydrogens is 212 g/mol. The molecule has 1 rings (SSSR count). The van der Waals surface area contributed by atoms with Gasteiger partial charge in [0.05, 0.1) is 16.9 Å². The highest BCUT2D eigenvalue weighted by molar-refractivity contribution is 6.33. The first-order chi connectivity index (χ1) is 7.15. The first kappa shape index (κ1) is 12.1.